The number of rotatable bonds is 2. The quantitative estimate of drug-likeness (QED) is 0.890. The van der Waals surface area contributed by atoms with Crippen molar-refractivity contribution in [1.82, 2.24) is 0 Å². The maximum absolute atomic E-state index is 10.5. The van der Waals surface area contributed by atoms with Crippen molar-refractivity contribution in [3.05, 3.63) is 42.9 Å². The largest absolute Gasteiger partial charge is 0.466 e. The third-order valence-corrected chi connectivity index (χ3v) is 5.00. The van der Waals surface area contributed by atoms with E-state index in [1.807, 2.05) is 33.8 Å². The smallest absolute Gasteiger partial charge is 0.118 e. The fourth-order valence-corrected chi connectivity index (χ4v) is 3.90. The zero-order valence-corrected chi connectivity index (χ0v) is 12.7. The van der Waals surface area contributed by atoms with Crippen LogP contribution < -0.4 is 0 Å². The molecule has 0 aliphatic carbocycles. The van der Waals surface area contributed by atoms with Gasteiger partial charge in [0.05, 0.1) is 4.88 Å². The van der Waals surface area contributed by atoms with Crippen molar-refractivity contribution in [2.45, 2.75) is 33.8 Å². The number of hydrogen-bond acceptors (Lipinski definition) is 3. The molecule has 0 aliphatic rings. The molecule has 4 heteroatoms. The van der Waals surface area contributed by atoms with E-state index < -0.39 is 6.10 Å². The second-order valence-corrected chi connectivity index (χ2v) is 6.37. The van der Waals surface area contributed by atoms with Crippen LogP contribution in [0.2, 0.25) is 0 Å². The average molecular weight is 315 g/mol. The Balaban J connectivity index is 2.50. The van der Waals surface area contributed by atoms with Crippen LogP contribution in [-0.2, 0) is 0 Å². The van der Waals surface area contributed by atoms with Gasteiger partial charge in [-0.15, -0.1) is 11.3 Å². The summed E-state index contributed by atoms with van der Waals surface area (Å²) in [5.74, 6) is 1.67. The number of halogens is 1. The highest BCUT2D eigenvalue weighted by Gasteiger charge is 2.23. The molecule has 2 aromatic heterocycles. The monoisotopic (exact) mass is 314 g/mol. The minimum Gasteiger partial charge on any atom is -0.466 e. The minimum atomic E-state index is -0.611. The molecule has 0 saturated heterocycles. The van der Waals surface area contributed by atoms with Gasteiger partial charge in [-0.2, -0.15) is 0 Å². The van der Waals surface area contributed by atoms with E-state index in [2.05, 4.69) is 15.9 Å². The highest BCUT2D eigenvalue weighted by molar-refractivity contribution is 9.10. The summed E-state index contributed by atoms with van der Waals surface area (Å²) < 4.78 is 6.53. The van der Waals surface area contributed by atoms with Crippen molar-refractivity contribution in [1.29, 1.82) is 0 Å². The van der Waals surface area contributed by atoms with E-state index in [1.165, 1.54) is 4.88 Å². The molecule has 92 valence electrons. The van der Waals surface area contributed by atoms with Crippen LogP contribution in [0.4, 0.5) is 0 Å². The predicted octanol–water partition coefficient (Wildman–Crippen LogP) is 4.42. The minimum absolute atomic E-state index is 0.611. The molecule has 2 aromatic rings. The predicted molar refractivity (Wildman–Crippen MR) is 73.7 cm³/mol. The molecule has 0 radical (unpaired) electrons. The van der Waals surface area contributed by atoms with E-state index in [4.69, 9.17) is 4.42 Å². The van der Waals surface area contributed by atoms with Crippen LogP contribution >= 0.6 is 27.3 Å². The molecular weight excluding hydrogens is 300 g/mol. The van der Waals surface area contributed by atoms with Gasteiger partial charge >= 0.3 is 0 Å². The van der Waals surface area contributed by atoms with Gasteiger partial charge in [0.1, 0.15) is 17.6 Å². The SMILES string of the molecule is Cc1cc(Br)c(C(O)c2c(C)oc(C)c2C)s1. The van der Waals surface area contributed by atoms with Crippen molar-refractivity contribution < 1.29 is 9.52 Å². The molecule has 2 nitrogen and oxygen atoms in total. The molecule has 2 heterocycles. The van der Waals surface area contributed by atoms with Gasteiger partial charge in [0.25, 0.3) is 0 Å². The molecule has 2 rings (SSSR count). The summed E-state index contributed by atoms with van der Waals surface area (Å²) >= 11 is 5.10. The van der Waals surface area contributed by atoms with Gasteiger partial charge in [-0.25, -0.2) is 0 Å². The Hall–Kier alpha value is -0.580. The number of aliphatic hydroxyl groups is 1. The van der Waals surface area contributed by atoms with Crippen LogP contribution in [0.5, 0.6) is 0 Å². The first-order valence-corrected chi connectivity index (χ1v) is 7.03. The first kappa shape index (κ1) is 12.9. The molecule has 17 heavy (non-hydrogen) atoms. The van der Waals surface area contributed by atoms with Crippen molar-refractivity contribution in [2.24, 2.45) is 0 Å². The standard InChI is InChI=1S/C13H15BrO2S/c1-6-5-10(14)13(17-6)12(15)11-7(2)8(3)16-9(11)4/h5,12,15H,1-4H3. The number of aryl methyl sites for hydroxylation is 3. The van der Waals surface area contributed by atoms with Gasteiger partial charge in [-0.05, 0) is 55.3 Å². The van der Waals surface area contributed by atoms with Gasteiger partial charge in [-0.1, -0.05) is 0 Å². The van der Waals surface area contributed by atoms with Gasteiger partial charge in [0.2, 0.25) is 0 Å². The Morgan fingerprint density at radius 3 is 2.29 bits per heavy atom. The van der Waals surface area contributed by atoms with Crippen LogP contribution in [0, 0.1) is 27.7 Å². The first-order chi connectivity index (χ1) is 7.91. The molecule has 0 aliphatic heterocycles. The van der Waals surface area contributed by atoms with E-state index in [0.29, 0.717) is 0 Å². The van der Waals surface area contributed by atoms with Gasteiger partial charge < -0.3 is 9.52 Å². The second-order valence-electron chi connectivity index (χ2n) is 4.22. The summed E-state index contributed by atoms with van der Waals surface area (Å²) in [6.45, 7) is 7.84. The normalized spacial score (nSPS) is 13.1. The maximum atomic E-state index is 10.5. The summed E-state index contributed by atoms with van der Waals surface area (Å²) in [6.07, 6.45) is -0.611. The van der Waals surface area contributed by atoms with Crippen LogP contribution in [0.3, 0.4) is 0 Å². The fourth-order valence-electron chi connectivity index (χ4n) is 2.03. The second kappa shape index (κ2) is 4.59. The lowest BCUT2D eigenvalue weighted by atomic mass is 10.0. The lowest BCUT2D eigenvalue weighted by Gasteiger charge is -2.10. The Morgan fingerprint density at radius 2 is 1.88 bits per heavy atom. The van der Waals surface area contributed by atoms with Crippen molar-refractivity contribution in [2.75, 3.05) is 0 Å². The van der Waals surface area contributed by atoms with Crippen LogP contribution in [0.15, 0.2) is 15.0 Å². The molecular formula is C13H15BrO2S. The number of hydrogen-bond donors (Lipinski definition) is 1. The highest BCUT2D eigenvalue weighted by atomic mass is 79.9. The lowest BCUT2D eigenvalue weighted by Crippen LogP contribution is -2.00. The molecule has 0 spiro atoms. The Kier molecular flexibility index (Phi) is 3.48. The van der Waals surface area contributed by atoms with E-state index in [9.17, 15) is 5.11 Å². The molecule has 1 N–H and O–H groups in total. The van der Waals surface area contributed by atoms with Crippen LogP contribution in [0.25, 0.3) is 0 Å². The topological polar surface area (TPSA) is 33.4 Å². The first-order valence-electron chi connectivity index (χ1n) is 5.42. The highest BCUT2D eigenvalue weighted by Crippen LogP contribution is 2.38. The lowest BCUT2D eigenvalue weighted by molar-refractivity contribution is 0.220. The van der Waals surface area contributed by atoms with Gasteiger partial charge in [0.15, 0.2) is 0 Å². The zero-order valence-electron chi connectivity index (χ0n) is 10.3. The number of aliphatic hydroxyl groups excluding tert-OH is 1. The summed E-state index contributed by atoms with van der Waals surface area (Å²) in [5, 5.41) is 10.5. The molecule has 0 bridgehead atoms. The number of thiophene rings is 1. The molecule has 1 unspecified atom stereocenters. The molecule has 0 saturated carbocycles. The molecule has 0 aromatic carbocycles. The van der Waals surface area contributed by atoms with Gasteiger partial charge in [0, 0.05) is 14.9 Å². The third-order valence-electron chi connectivity index (χ3n) is 2.98. The van der Waals surface area contributed by atoms with Crippen molar-refractivity contribution in [3.8, 4) is 0 Å². The number of furan rings is 1. The third kappa shape index (κ3) is 2.21. The summed E-state index contributed by atoms with van der Waals surface area (Å²) in [7, 11) is 0. The van der Waals surface area contributed by atoms with Crippen molar-refractivity contribution >= 4 is 27.3 Å². The average Bonchev–Trinajstić information content (AvgIpc) is 2.68. The Labute approximate surface area is 113 Å². The molecule has 0 fully saturated rings. The van der Waals surface area contributed by atoms with E-state index >= 15 is 0 Å². The Morgan fingerprint density at radius 1 is 1.24 bits per heavy atom. The summed E-state index contributed by atoms with van der Waals surface area (Å²) in [4.78, 5) is 2.12. The zero-order chi connectivity index (χ0) is 12.7. The maximum Gasteiger partial charge on any atom is 0.118 e. The van der Waals surface area contributed by atoms with Gasteiger partial charge in [-0.3, -0.25) is 0 Å². The summed E-state index contributed by atoms with van der Waals surface area (Å²) in [5.41, 5.74) is 1.93. The van der Waals surface area contributed by atoms with Crippen molar-refractivity contribution in [3.63, 3.8) is 0 Å². The van der Waals surface area contributed by atoms with Crippen LogP contribution in [0.1, 0.15) is 38.5 Å². The van der Waals surface area contributed by atoms with Crippen LogP contribution in [-0.4, -0.2) is 5.11 Å². The summed E-state index contributed by atoms with van der Waals surface area (Å²) in [6, 6.07) is 2.03. The molecule has 0 amide bonds. The van der Waals surface area contributed by atoms with E-state index in [0.717, 1.165) is 32.0 Å². The van der Waals surface area contributed by atoms with E-state index in [-0.39, 0.29) is 0 Å². The molecule has 1 atom stereocenters. The fraction of sp³-hybridized carbons (Fsp3) is 0.385. The van der Waals surface area contributed by atoms with E-state index in [1.54, 1.807) is 11.3 Å². The Bertz CT molecular complexity index is 554.